The first-order valence-electron chi connectivity index (χ1n) is 6.62. The molecule has 0 radical (unpaired) electrons. The number of rotatable bonds is 3. The summed E-state index contributed by atoms with van der Waals surface area (Å²) in [5.41, 5.74) is 2.97. The number of H-pyrrole nitrogens is 1. The molecule has 0 aliphatic carbocycles. The molecule has 3 aromatic rings. The van der Waals surface area contributed by atoms with Gasteiger partial charge < -0.3 is 4.98 Å². The smallest absolute Gasteiger partial charge is 0.146 e. The fourth-order valence-electron chi connectivity index (χ4n) is 2.31. The van der Waals surface area contributed by atoms with Crippen molar-refractivity contribution in [2.75, 3.05) is 0 Å². The molecule has 98 valence electrons. The molecule has 4 heteroatoms. The van der Waals surface area contributed by atoms with Crippen molar-refractivity contribution in [1.82, 2.24) is 15.0 Å². The zero-order chi connectivity index (χ0) is 13.9. The maximum absolute atomic E-state index is 9.14. The molecule has 3 rings (SSSR count). The number of hydrogen-bond acceptors (Lipinski definition) is 3. The molecule has 1 aromatic carbocycles. The highest BCUT2D eigenvalue weighted by Gasteiger charge is 2.13. The van der Waals surface area contributed by atoms with Gasteiger partial charge in [-0.2, -0.15) is 5.26 Å². The summed E-state index contributed by atoms with van der Waals surface area (Å²) in [5.74, 6) is 0.345. The number of para-hydroxylation sites is 1. The summed E-state index contributed by atoms with van der Waals surface area (Å²) >= 11 is 0. The van der Waals surface area contributed by atoms with E-state index in [-0.39, 0.29) is 5.92 Å². The van der Waals surface area contributed by atoms with E-state index >= 15 is 0 Å². The Labute approximate surface area is 117 Å². The number of nitrogens with one attached hydrogen (secondary N) is 1. The van der Waals surface area contributed by atoms with Crippen molar-refractivity contribution < 1.29 is 0 Å². The molecule has 0 bridgehead atoms. The molecular weight excluding hydrogens is 248 g/mol. The van der Waals surface area contributed by atoms with Crippen LogP contribution >= 0.6 is 0 Å². The Morgan fingerprint density at radius 2 is 2.15 bits per heavy atom. The second-order valence-electron chi connectivity index (χ2n) is 4.64. The quantitative estimate of drug-likeness (QED) is 0.783. The topological polar surface area (TPSA) is 65.4 Å². The molecule has 0 fully saturated rings. The zero-order valence-corrected chi connectivity index (χ0v) is 11.2. The van der Waals surface area contributed by atoms with Gasteiger partial charge in [0.15, 0.2) is 0 Å². The lowest BCUT2D eigenvalue weighted by Crippen LogP contribution is -2.01. The molecule has 0 amide bonds. The third-order valence-corrected chi connectivity index (χ3v) is 3.42. The highest BCUT2D eigenvalue weighted by molar-refractivity contribution is 5.94. The van der Waals surface area contributed by atoms with Gasteiger partial charge in [0.2, 0.25) is 0 Å². The number of benzene rings is 1. The summed E-state index contributed by atoms with van der Waals surface area (Å²) in [6.45, 7) is 1.97. The molecule has 1 unspecified atom stereocenters. The van der Waals surface area contributed by atoms with E-state index in [0.29, 0.717) is 12.2 Å². The van der Waals surface area contributed by atoms with E-state index in [4.69, 9.17) is 5.26 Å². The van der Waals surface area contributed by atoms with Crippen molar-refractivity contribution in [3.63, 3.8) is 0 Å². The van der Waals surface area contributed by atoms with E-state index in [9.17, 15) is 0 Å². The molecule has 1 N–H and O–H groups in total. The molecule has 0 aliphatic heterocycles. The van der Waals surface area contributed by atoms with Crippen LogP contribution in [-0.2, 0) is 0 Å². The molecule has 4 nitrogen and oxygen atoms in total. The van der Waals surface area contributed by atoms with Gasteiger partial charge in [0, 0.05) is 28.9 Å². The van der Waals surface area contributed by atoms with Crippen LogP contribution in [0.2, 0.25) is 0 Å². The summed E-state index contributed by atoms with van der Waals surface area (Å²) in [7, 11) is 0. The zero-order valence-electron chi connectivity index (χ0n) is 11.2. The predicted molar refractivity (Wildman–Crippen MR) is 78.0 cm³/mol. The van der Waals surface area contributed by atoms with Gasteiger partial charge in [-0.3, -0.25) is 0 Å². The monoisotopic (exact) mass is 262 g/mol. The number of hydrogen-bond donors (Lipinski definition) is 1. The van der Waals surface area contributed by atoms with E-state index in [1.807, 2.05) is 37.4 Å². The highest BCUT2D eigenvalue weighted by atomic mass is 14.9. The summed E-state index contributed by atoms with van der Waals surface area (Å²) in [6.07, 6.45) is 4.39. The lowest BCUT2D eigenvalue weighted by molar-refractivity contribution is 0.752. The number of aromatic nitrogens is 3. The van der Waals surface area contributed by atoms with Crippen LogP contribution in [0.4, 0.5) is 0 Å². The molecule has 2 aromatic heterocycles. The fourth-order valence-corrected chi connectivity index (χ4v) is 2.31. The standard InChI is InChI=1S/C16H14N4/c1-2-11(9-17)16-18-8-7-15(20-16)13-10-19-14-6-4-3-5-12(13)14/h3-8,10-11,19H,2H2,1H3. The minimum atomic E-state index is -0.250. The van der Waals surface area contributed by atoms with E-state index in [2.05, 4.69) is 27.1 Å². The van der Waals surface area contributed by atoms with Gasteiger partial charge in [0.05, 0.1) is 11.8 Å². The average molecular weight is 262 g/mol. The molecule has 0 saturated carbocycles. The first kappa shape index (κ1) is 12.4. The average Bonchev–Trinajstić information content (AvgIpc) is 2.93. The highest BCUT2D eigenvalue weighted by Crippen LogP contribution is 2.27. The first-order chi connectivity index (χ1) is 9.83. The van der Waals surface area contributed by atoms with Crippen molar-refractivity contribution in [3.8, 4) is 17.3 Å². The van der Waals surface area contributed by atoms with Crippen molar-refractivity contribution in [2.24, 2.45) is 0 Å². The Hall–Kier alpha value is -2.67. The molecule has 0 spiro atoms. The second kappa shape index (κ2) is 5.14. The van der Waals surface area contributed by atoms with Gasteiger partial charge in [-0.25, -0.2) is 9.97 Å². The van der Waals surface area contributed by atoms with Crippen molar-refractivity contribution in [3.05, 3.63) is 48.5 Å². The minimum Gasteiger partial charge on any atom is -0.360 e. The Kier molecular flexibility index (Phi) is 3.18. The van der Waals surface area contributed by atoms with Crippen LogP contribution in [0.25, 0.3) is 22.2 Å². The van der Waals surface area contributed by atoms with E-state index < -0.39 is 0 Å². The van der Waals surface area contributed by atoms with Gasteiger partial charge in [-0.05, 0) is 18.6 Å². The third kappa shape index (κ3) is 2.04. The Morgan fingerprint density at radius 1 is 1.30 bits per heavy atom. The third-order valence-electron chi connectivity index (χ3n) is 3.42. The maximum Gasteiger partial charge on any atom is 0.146 e. The molecule has 1 atom stereocenters. The van der Waals surface area contributed by atoms with Crippen LogP contribution in [-0.4, -0.2) is 15.0 Å². The minimum absolute atomic E-state index is 0.250. The summed E-state index contributed by atoms with van der Waals surface area (Å²) in [4.78, 5) is 12.0. The van der Waals surface area contributed by atoms with Crippen LogP contribution in [0.5, 0.6) is 0 Å². The molecule has 0 aliphatic rings. The lowest BCUT2D eigenvalue weighted by Gasteiger charge is -2.06. The van der Waals surface area contributed by atoms with Crippen LogP contribution < -0.4 is 0 Å². The van der Waals surface area contributed by atoms with E-state index in [0.717, 1.165) is 22.2 Å². The number of nitrogens with zero attached hydrogens (tertiary/aromatic N) is 3. The van der Waals surface area contributed by atoms with E-state index in [1.54, 1.807) is 6.20 Å². The van der Waals surface area contributed by atoms with Crippen LogP contribution in [0.1, 0.15) is 25.1 Å². The van der Waals surface area contributed by atoms with Crippen LogP contribution in [0.15, 0.2) is 42.7 Å². The van der Waals surface area contributed by atoms with Gasteiger partial charge in [-0.1, -0.05) is 25.1 Å². The molecule has 0 saturated heterocycles. The van der Waals surface area contributed by atoms with Crippen LogP contribution in [0, 0.1) is 11.3 Å². The van der Waals surface area contributed by atoms with Gasteiger partial charge in [-0.15, -0.1) is 0 Å². The predicted octanol–water partition coefficient (Wildman–Crippen LogP) is 3.64. The molecule has 2 heterocycles. The lowest BCUT2D eigenvalue weighted by atomic mass is 10.1. The maximum atomic E-state index is 9.14. The summed E-state index contributed by atoms with van der Waals surface area (Å²) < 4.78 is 0. The Morgan fingerprint density at radius 3 is 2.95 bits per heavy atom. The van der Waals surface area contributed by atoms with Crippen molar-refractivity contribution in [1.29, 1.82) is 5.26 Å². The summed E-state index contributed by atoms with van der Waals surface area (Å²) in [5, 5.41) is 10.3. The number of nitriles is 1. The Bertz CT molecular complexity index is 782. The largest absolute Gasteiger partial charge is 0.360 e. The van der Waals surface area contributed by atoms with Crippen LogP contribution in [0.3, 0.4) is 0 Å². The van der Waals surface area contributed by atoms with E-state index in [1.165, 1.54) is 0 Å². The molecule has 20 heavy (non-hydrogen) atoms. The number of aromatic amines is 1. The second-order valence-corrected chi connectivity index (χ2v) is 4.64. The number of fused-ring (bicyclic) bond motifs is 1. The van der Waals surface area contributed by atoms with Gasteiger partial charge in [0.1, 0.15) is 11.7 Å². The van der Waals surface area contributed by atoms with Gasteiger partial charge >= 0.3 is 0 Å². The van der Waals surface area contributed by atoms with Crippen molar-refractivity contribution in [2.45, 2.75) is 19.3 Å². The SMILES string of the molecule is CCC(C#N)c1nccc(-c2c[nH]c3ccccc23)n1. The summed E-state index contributed by atoms with van der Waals surface area (Å²) in [6, 6.07) is 12.2. The van der Waals surface area contributed by atoms with Crippen molar-refractivity contribution >= 4 is 10.9 Å². The molecular formula is C16H14N4. The van der Waals surface area contributed by atoms with Gasteiger partial charge in [0.25, 0.3) is 0 Å². The first-order valence-corrected chi connectivity index (χ1v) is 6.62. The Balaban J connectivity index is 2.11. The normalized spacial score (nSPS) is 12.2. The fraction of sp³-hybridized carbons (Fsp3) is 0.188.